The SMILES string of the molecule is CC(C)NC(=O)CCNC(=O)[C@@H]1CCCN1C(=O)Nc1ccccc1. The predicted molar refractivity (Wildman–Crippen MR) is 96.1 cm³/mol. The van der Waals surface area contributed by atoms with Crippen LogP contribution < -0.4 is 16.0 Å². The van der Waals surface area contributed by atoms with Gasteiger partial charge in [0.1, 0.15) is 6.04 Å². The zero-order valence-corrected chi connectivity index (χ0v) is 14.7. The average molecular weight is 346 g/mol. The highest BCUT2D eigenvalue weighted by atomic mass is 16.2. The molecule has 1 fully saturated rings. The number of amides is 4. The van der Waals surface area contributed by atoms with Crippen LogP contribution in [0.5, 0.6) is 0 Å². The molecule has 0 aromatic heterocycles. The summed E-state index contributed by atoms with van der Waals surface area (Å²) in [5.41, 5.74) is 0.698. The Bertz CT molecular complexity index is 604. The minimum absolute atomic E-state index is 0.0789. The lowest BCUT2D eigenvalue weighted by molar-refractivity contribution is -0.125. The van der Waals surface area contributed by atoms with Crippen molar-refractivity contribution in [2.24, 2.45) is 0 Å². The van der Waals surface area contributed by atoms with Gasteiger partial charge < -0.3 is 20.9 Å². The van der Waals surface area contributed by atoms with E-state index in [4.69, 9.17) is 0 Å². The molecule has 1 heterocycles. The number of nitrogens with one attached hydrogen (secondary N) is 3. The first-order chi connectivity index (χ1) is 12.0. The molecule has 7 heteroatoms. The second-order valence-electron chi connectivity index (χ2n) is 6.41. The molecule has 0 bridgehead atoms. The Hall–Kier alpha value is -2.57. The maximum absolute atomic E-state index is 12.4. The van der Waals surface area contributed by atoms with Crippen molar-refractivity contribution < 1.29 is 14.4 Å². The van der Waals surface area contributed by atoms with Crippen molar-refractivity contribution in [1.82, 2.24) is 15.5 Å². The van der Waals surface area contributed by atoms with Gasteiger partial charge in [-0.1, -0.05) is 18.2 Å². The lowest BCUT2D eigenvalue weighted by Gasteiger charge is -2.24. The molecule has 0 unspecified atom stereocenters. The van der Waals surface area contributed by atoms with Crippen LogP contribution in [-0.2, 0) is 9.59 Å². The van der Waals surface area contributed by atoms with Gasteiger partial charge >= 0.3 is 6.03 Å². The zero-order valence-electron chi connectivity index (χ0n) is 14.7. The predicted octanol–water partition coefficient (Wildman–Crippen LogP) is 1.71. The van der Waals surface area contributed by atoms with Crippen molar-refractivity contribution >= 4 is 23.5 Å². The van der Waals surface area contributed by atoms with Crippen molar-refractivity contribution in [3.8, 4) is 0 Å². The maximum atomic E-state index is 12.4. The van der Waals surface area contributed by atoms with Crippen LogP contribution in [0.3, 0.4) is 0 Å². The molecule has 0 aliphatic carbocycles. The number of anilines is 1. The molecule has 3 N–H and O–H groups in total. The summed E-state index contributed by atoms with van der Waals surface area (Å²) in [6.45, 7) is 4.59. The van der Waals surface area contributed by atoms with E-state index in [2.05, 4.69) is 16.0 Å². The lowest BCUT2D eigenvalue weighted by atomic mass is 10.2. The minimum atomic E-state index is -0.489. The Morgan fingerprint density at radius 2 is 1.92 bits per heavy atom. The molecule has 1 saturated heterocycles. The molecule has 1 atom stereocenters. The number of urea groups is 1. The van der Waals surface area contributed by atoms with E-state index in [1.165, 1.54) is 0 Å². The van der Waals surface area contributed by atoms with Crippen LogP contribution in [0.2, 0.25) is 0 Å². The third-order valence-electron chi connectivity index (χ3n) is 3.94. The number of hydrogen-bond donors (Lipinski definition) is 3. The number of benzene rings is 1. The van der Waals surface area contributed by atoms with Gasteiger partial charge in [-0.05, 0) is 38.8 Å². The molecule has 1 aliphatic heterocycles. The Balaban J connectivity index is 1.82. The molecule has 0 saturated carbocycles. The van der Waals surface area contributed by atoms with Gasteiger partial charge in [-0.2, -0.15) is 0 Å². The quantitative estimate of drug-likeness (QED) is 0.732. The first-order valence-electron chi connectivity index (χ1n) is 8.67. The molecule has 136 valence electrons. The van der Waals surface area contributed by atoms with E-state index in [0.717, 1.165) is 6.42 Å². The third kappa shape index (κ3) is 5.77. The topological polar surface area (TPSA) is 90.5 Å². The second kappa shape index (κ2) is 9.05. The van der Waals surface area contributed by atoms with Gasteiger partial charge in [0.05, 0.1) is 0 Å². The number of para-hydroxylation sites is 1. The van der Waals surface area contributed by atoms with Gasteiger partial charge in [0.2, 0.25) is 11.8 Å². The van der Waals surface area contributed by atoms with Crippen LogP contribution in [0.4, 0.5) is 10.5 Å². The largest absolute Gasteiger partial charge is 0.354 e. The van der Waals surface area contributed by atoms with Crippen molar-refractivity contribution in [1.29, 1.82) is 0 Å². The number of hydrogen-bond acceptors (Lipinski definition) is 3. The summed E-state index contributed by atoms with van der Waals surface area (Å²) in [7, 11) is 0. The summed E-state index contributed by atoms with van der Waals surface area (Å²) in [5, 5.41) is 8.34. The Morgan fingerprint density at radius 3 is 2.60 bits per heavy atom. The normalized spacial score (nSPS) is 16.6. The molecule has 1 aliphatic rings. The molecule has 0 spiro atoms. The third-order valence-corrected chi connectivity index (χ3v) is 3.94. The van der Waals surface area contributed by atoms with Gasteiger partial charge in [-0.25, -0.2) is 4.79 Å². The van der Waals surface area contributed by atoms with Crippen LogP contribution >= 0.6 is 0 Å². The van der Waals surface area contributed by atoms with Gasteiger partial charge in [0.15, 0.2) is 0 Å². The molecule has 25 heavy (non-hydrogen) atoms. The molecule has 4 amide bonds. The van der Waals surface area contributed by atoms with E-state index in [1.807, 2.05) is 32.0 Å². The van der Waals surface area contributed by atoms with Crippen LogP contribution in [0.25, 0.3) is 0 Å². The fourth-order valence-corrected chi connectivity index (χ4v) is 2.81. The number of nitrogens with zero attached hydrogens (tertiary/aromatic N) is 1. The molecule has 1 aromatic carbocycles. The maximum Gasteiger partial charge on any atom is 0.322 e. The number of rotatable bonds is 6. The van der Waals surface area contributed by atoms with Gasteiger partial charge in [-0.15, -0.1) is 0 Å². The van der Waals surface area contributed by atoms with Crippen LogP contribution in [0.15, 0.2) is 30.3 Å². The number of carbonyl (C=O) groups excluding carboxylic acids is 3. The molecule has 7 nitrogen and oxygen atoms in total. The van der Waals surface area contributed by atoms with Gasteiger partial charge in [-0.3, -0.25) is 9.59 Å². The van der Waals surface area contributed by atoms with Crippen molar-refractivity contribution in [2.75, 3.05) is 18.4 Å². The monoisotopic (exact) mass is 346 g/mol. The Labute approximate surface area is 148 Å². The van der Waals surface area contributed by atoms with Crippen LogP contribution in [0.1, 0.15) is 33.1 Å². The summed E-state index contributed by atoms with van der Waals surface area (Å²) in [4.78, 5) is 37.9. The summed E-state index contributed by atoms with van der Waals surface area (Å²) in [5.74, 6) is -0.307. The standard InChI is InChI=1S/C18H26N4O3/c1-13(2)20-16(23)10-11-19-17(24)15-9-6-12-22(15)18(25)21-14-7-4-3-5-8-14/h3-5,7-8,13,15H,6,9-12H2,1-2H3,(H,19,24)(H,20,23)(H,21,25)/t15-/m0/s1. The summed E-state index contributed by atoms with van der Waals surface area (Å²) >= 11 is 0. The summed E-state index contributed by atoms with van der Waals surface area (Å²) in [6, 6.07) is 8.47. The Morgan fingerprint density at radius 1 is 1.20 bits per heavy atom. The molecular weight excluding hydrogens is 320 g/mol. The number of likely N-dealkylation sites (tertiary alicyclic amines) is 1. The van der Waals surface area contributed by atoms with Crippen LogP contribution in [-0.4, -0.2) is 47.9 Å². The van der Waals surface area contributed by atoms with Gasteiger partial charge in [0.25, 0.3) is 0 Å². The summed E-state index contributed by atoms with van der Waals surface area (Å²) in [6.07, 6.45) is 1.65. The first-order valence-corrected chi connectivity index (χ1v) is 8.67. The zero-order chi connectivity index (χ0) is 18.2. The van der Waals surface area contributed by atoms with E-state index in [1.54, 1.807) is 17.0 Å². The molecule has 1 aromatic rings. The van der Waals surface area contributed by atoms with E-state index in [-0.39, 0.29) is 36.9 Å². The fourth-order valence-electron chi connectivity index (χ4n) is 2.81. The molecular formula is C18H26N4O3. The van der Waals surface area contributed by atoms with Crippen molar-refractivity contribution in [2.45, 2.75) is 45.2 Å². The van der Waals surface area contributed by atoms with Crippen LogP contribution in [0, 0.1) is 0 Å². The first kappa shape index (κ1) is 18.8. The summed E-state index contributed by atoms with van der Waals surface area (Å²) < 4.78 is 0. The lowest BCUT2D eigenvalue weighted by Crippen LogP contribution is -2.48. The smallest absolute Gasteiger partial charge is 0.322 e. The Kier molecular flexibility index (Phi) is 6.80. The highest BCUT2D eigenvalue weighted by molar-refractivity contribution is 5.94. The molecule has 2 rings (SSSR count). The molecule has 0 radical (unpaired) electrons. The van der Waals surface area contributed by atoms with Gasteiger partial charge in [0, 0.05) is 31.2 Å². The van der Waals surface area contributed by atoms with E-state index >= 15 is 0 Å². The van der Waals surface area contributed by atoms with E-state index in [9.17, 15) is 14.4 Å². The van der Waals surface area contributed by atoms with E-state index < -0.39 is 6.04 Å². The average Bonchev–Trinajstić information content (AvgIpc) is 3.04. The van der Waals surface area contributed by atoms with E-state index in [0.29, 0.717) is 18.7 Å². The fraction of sp³-hybridized carbons (Fsp3) is 0.500. The highest BCUT2D eigenvalue weighted by Crippen LogP contribution is 2.19. The van der Waals surface area contributed by atoms with Crippen molar-refractivity contribution in [3.05, 3.63) is 30.3 Å². The minimum Gasteiger partial charge on any atom is -0.354 e. The number of carbonyl (C=O) groups is 3. The second-order valence-corrected chi connectivity index (χ2v) is 6.41. The van der Waals surface area contributed by atoms with Crippen molar-refractivity contribution in [3.63, 3.8) is 0 Å². The highest BCUT2D eigenvalue weighted by Gasteiger charge is 2.34.